The van der Waals surface area contributed by atoms with Crippen LogP contribution in [-0.2, 0) is 21.2 Å². The third-order valence-electron chi connectivity index (χ3n) is 7.24. The first kappa shape index (κ1) is 28.7. The normalized spacial score (nSPS) is 15.8. The van der Waals surface area contributed by atoms with Gasteiger partial charge in [-0.3, -0.25) is 4.79 Å². The summed E-state index contributed by atoms with van der Waals surface area (Å²) in [5, 5.41) is 12.4. The van der Waals surface area contributed by atoms with Gasteiger partial charge >= 0.3 is 5.97 Å². The van der Waals surface area contributed by atoms with E-state index in [2.05, 4.69) is 42.3 Å². The van der Waals surface area contributed by atoms with E-state index < -0.39 is 15.8 Å². The highest BCUT2D eigenvalue weighted by atomic mass is 32.2. The molecule has 1 atom stereocenters. The third kappa shape index (κ3) is 6.75. The molecule has 41 heavy (non-hydrogen) atoms. The maximum atomic E-state index is 11.6. The Balaban J connectivity index is 1.27. The van der Waals surface area contributed by atoms with Gasteiger partial charge < -0.3 is 14.6 Å². The summed E-state index contributed by atoms with van der Waals surface area (Å²) in [6, 6.07) is 19.9. The van der Waals surface area contributed by atoms with Crippen LogP contribution in [0.2, 0.25) is 0 Å². The summed E-state index contributed by atoms with van der Waals surface area (Å²) in [5.41, 5.74) is 4.86. The van der Waals surface area contributed by atoms with Crippen molar-refractivity contribution in [3.8, 4) is 34.5 Å². The number of hydrogen-bond acceptors (Lipinski definition) is 6. The quantitative estimate of drug-likeness (QED) is 0.204. The minimum Gasteiger partial charge on any atom is -0.493 e. The zero-order valence-electron chi connectivity index (χ0n) is 23.3. The average molecular weight is 589 g/mol. The van der Waals surface area contributed by atoms with Gasteiger partial charge in [0.05, 0.1) is 30.5 Å². The van der Waals surface area contributed by atoms with Gasteiger partial charge in [0.15, 0.2) is 9.84 Å². The van der Waals surface area contributed by atoms with Gasteiger partial charge in [0.2, 0.25) is 0 Å². The minimum atomic E-state index is -2.90. The zero-order chi connectivity index (χ0) is 29.2. The molecular formula is C33H32O6S2. The molecule has 0 bridgehead atoms. The van der Waals surface area contributed by atoms with Crippen molar-refractivity contribution in [3.63, 3.8) is 0 Å². The number of fused-ring (bicyclic) bond motifs is 1. The van der Waals surface area contributed by atoms with Gasteiger partial charge in [0.1, 0.15) is 18.1 Å². The van der Waals surface area contributed by atoms with Gasteiger partial charge in [0, 0.05) is 21.1 Å². The number of rotatable bonds is 10. The highest BCUT2D eigenvalue weighted by Gasteiger charge is 2.45. The second-order valence-corrected chi connectivity index (χ2v) is 14.0. The van der Waals surface area contributed by atoms with Crippen LogP contribution in [0.4, 0.5) is 0 Å². The van der Waals surface area contributed by atoms with Crippen LogP contribution < -0.4 is 9.47 Å². The van der Waals surface area contributed by atoms with Crippen LogP contribution in [0.5, 0.6) is 11.5 Å². The highest BCUT2D eigenvalue weighted by molar-refractivity contribution is 7.92. The number of sulfone groups is 1. The second kappa shape index (κ2) is 11.6. The van der Waals surface area contributed by atoms with Crippen molar-refractivity contribution in [1.82, 2.24) is 0 Å². The Kier molecular flexibility index (Phi) is 8.12. The summed E-state index contributed by atoms with van der Waals surface area (Å²) in [5.74, 6) is 6.46. The van der Waals surface area contributed by atoms with Gasteiger partial charge in [-0.05, 0) is 71.8 Å². The molecule has 1 aliphatic heterocycles. The Morgan fingerprint density at radius 3 is 2.39 bits per heavy atom. The van der Waals surface area contributed by atoms with E-state index in [1.165, 1.54) is 0 Å². The first-order valence-corrected chi connectivity index (χ1v) is 16.1. The predicted molar refractivity (Wildman–Crippen MR) is 163 cm³/mol. The first-order chi connectivity index (χ1) is 19.5. The Labute approximate surface area is 244 Å². The van der Waals surface area contributed by atoms with E-state index >= 15 is 0 Å². The summed E-state index contributed by atoms with van der Waals surface area (Å²) in [6.45, 7) is 6.48. The Hall–Kier alpha value is -3.80. The van der Waals surface area contributed by atoms with Crippen molar-refractivity contribution in [2.24, 2.45) is 5.41 Å². The van der Waals surface area contributed by atoms with Crippen LogP contribution in [0.25, 0.3) is 21.2 Å². The minimum absolute atomic E-state index is 0.0270. The number of carboxylic acids is 1. The molecule has 1 aromatic heterocycles. The number of carbonyl (C=O) groups is 1. The average Bonchev–Trinajstić information content (AvgIpc) is 3.32. The summed E-state index contributed by atoms with van der Waals surface area (Å²) in [7, 11) is -2.90. The van der Waals surface area contributed by atoms with E-state index in [-0.39, 0.29) is 29.3 Å². The molecular weight excluding hydrogens is 556 g/mol. The molecule has 3 aromatic carbocycles. The molecule has 0 radical (unpaired) electrons. The number of thiophene rings is 1. The van der Waals surface area contributed by atoms with Gasteiger partial charge in [-0.15, -0.1) is 17.3 Å². The van der Waals surface area contributed by atoms with Crippen LogP contribution in [0, 0.1) is 24.2 Å². The van der Waals surface area contributed by atoms with Crippen LogP contribution in [0.3, 0.4) is 0 Å². The second-order valence-electron chi connectivity index (χ2n) is 11.0. The third-order valence-corrected chi connectivity index (χ3v) is 10.5. The standard InChI is InChI=1S/C33H32O6S2/c1-4-5-25(15-32(34)35)24-8-6-23(7-9-24)17-38-27-11-13-31-29(16-27)30(18-40-31)28-12-10-26(14-22(28)2)39-19-33(3)20-41(36,37)21-33/h6-14,16,18,25H,15,17,19-21H2,1-3H3,(H,34,35). The molecule has 5 rings (SSSR count). The molecule has 0 amide bonds. The van der Waals surface area contributed by atoms with Crippen molar-refractivity contribution in [3.05, 3.63) is 82.7 Å². The molecule has 0 aliphatic carbocycles. The van der Waals surface area contributed by atoms with E-state index in [0.717, 1.165) is 49.4 Å². The molecule has 1 aliphatic rings. The summed E-state index contributed by atoms with van der Waals surface area (Å²) in [6.07, 6.45) is -0.0270. The number of aryl methyl sites for hydroxylation is 1. The van der Waals surface area contributed by atoms with E-state index in [1.54, 1.807) is 18.3 Å². The fourth-order valence-electron chi connectivity index (χ4n) is 5.31. The maximum Gasteiger partial charge on any atom is 0.304 e. The monoisotopic (exact) mass is 588 g/mol. The summed E-state index contributed by atoms with van der Waals surface area (Å²) >= 11 is 1.68. The fourth-order valence-corrected chi connectivity index (χ4v) is 8.46. The lowest BCUT2D eigenvalue weighted by molar-refractivity contribution is -0.137. The number of carboxylic acid groups (broad SMARTS) is 1. The van der Waals surface area contributed by atoms with E-state index in [9.17, 15) is 18.3 Å². The molecule has 0 saturated carbocycles. The van der Waals surface area contributed by atoms with Crippen molar-refractivity contribution in [1.29, 1.82) is 0 Å². The topological polar surface area (TPSA) is 89.9 Å². The lowest BCUT2D eigenvalue weighted by Gasteiger charge is -2.37. The molecule has 1 unspecified atom stereocenters. The van der Waals surface area contributed by atoms with Gasteiger partial charge in [-0.2, -0.15) is 0 Å². The van der Waals surface area contributed by atoms with Gasteiger partial charge in [0.25, 0.3) is 0 Å². The number of aliphatic carboxylic acids is 1. The molecule has 8 heteroatoms. The molecule has 1 saturated heterocycles. The van der Waals surface area contributed by atoms with Crippen LogP contribution in [0.1, 0.15) is 42.9 Å². The van der Waals surface area contributed by atoms with Gasteiger partial charge in [-0.25, -0.2) is 8.42 Å². The molecule has 212 valence electrons. The number of ether oxygens (including phenoxy) is 2. The highest BCUT2D eigenvalue weighted by Crippen LogP contribution is 2.39. The van der Waals surface area contributed by atoms with Crippen molar-refractivity contribution >= 4 is 37.2 Å². The van der Waals surface area contributed by atoms with Gasteiger partial charge in [-0.1, -0.05) is 43.2 Å². The smallest absolute Gasteiger partial charge is 0.304 e. The molecule has 0 spiro atoms. The molecule has 4 aromatic rings. The summed E-state index contributed by atoms with van der Waals surface area (Å²) < 4.78 is 36.5. The largest absolute Gasteiger partial charge is 0.493 e. The number of benzene rings is 3. The van der Waals surface area contributed by atoms with Crippen molar-refractivity contribution < 1.29 is 27.8 Å². The molecule has 1 N–H and O–H groups in total. The Bertz CT molecular complexity index is 1740. The maximum absolute atomic E-state index is 11.6. The lowest BCUT2D eigenvalue weighted by Crippen LogP contribution is -2.50. The molecule has 1 fully saturated rings. The molecule has 6 nitrogen and oxygen atoms in total. The Morgan fingerprint density at radius 1 is 1.02 bits per heavy atom. The SMILES string of the molecule is CC#CC(CC(=O)O)c1ccc(COc2ccc3scc(-c4ccc(OCC5(C)CS(=O)(=O)C5)cc4C)c3c2)cc1. The summed E-state index contributed by atoms with van der Waals surface area (Å²) in [4.78, 5) is 11.2. The lowest BCUT2D eigenvalue weighted by atomic mass is 9.95. The molecule has 2 heterocycles. The van der Waals surface area contributed by atoms with Crippen molar-refractivity contribution in [2.75, 3.05) is 18.1 Å². The Morgan fingerprint density at radius 2 is 1.73 bits per heavy atom. The van der Waals surface area contributed by atoms with E-state index in [1.807, 2.05) is 49.4 Å². The zero-order valence-corrected chi connectivity index (χ0v) is 24.9. The fraction of sp³-hybridized carbons (Fsp3) is 0.303. The van der Waals surface area contributed by atoms with E-state index in [0.29, 0.717) is 13.2 Å². The number of hydrogen-bond donors (Lipinski definition) is 1. The van der Waals surface area contributed by atoms with Crippen molar-refractivity contribution in [2.45, 2.75) is 39.7 Å². The van der Waals surface area contributed by atoms with Crippen LogP contribution >= 0.6 is 11.3 Å². The van der Waals surface area contributed by atoms with Crippen LogP contribution in [0.15, 0.2) is 66.0 Å². The first-order valence-electron chi connectivity index (χ1n) is 13.4. The predicted octanol–water partition coefficient (Wildman–Crippen LogP) is 6.85. The van der Waals surface area contributed by atoms with E-state index in [4.69, 9.17) is 9.47 Å². The van der Waals surface area contributed by atoms with Crippen LogP contribution in [-0.4, -0.2) is 37.6 Å².